The molecule has 2 aliphatic heterocycles. The molecule has 1 aromatic heterocycles. The first-order valence-corrected chi connectivity index (χ1v) is 10.8. The van der Waals surface area contributed by atoms with Crippen LogP contribution in [-0.2, 0) is 10.2 Å². The molecule has 2 saturated heterocycles. The minimum absolute atomic E-state index is 0.236. The number of hydrogen-bond acceptors (Lipinski definition) is 4. The van der Waals surface area contributed by atoms with E-state index in [-0.39, 0.29) is 10.8 Å². The molecule has 3 unspecified atom stereocenters. The van der Waals surface area contributed by atoms with Crippen molar-refractivity contribution in [2.75, 3.05) is 19.7 Å². The molecule has 3 aromatic rings. The standard InChI is InChI=1S/C24H26N4O2/c25-22(29)19-4-1-3-16-13-28(27-21(16)19)18-8-6-17(7-9-18)23-10-11-26-15-24(23,14-23)20-5-2-12-30-20/h1,3-4,6-9,13,20,26H,2,5,10-12,14-15H2,(H2,25,29). The maximum absolute atomic E-state index is 11.7. The van der Waals surface area contributed by atoms with E-state index in [4.69, 9.17) is 10.5 Å². The number of amides is 1. The largest absolute Gasteiger partial charge is 0.378 e. The second-order valence-electron chi connectivity index (χ2n) is 9.07. The highest BCUT2D eigenvalue weighted by Crippen LogP contribution is 2.70. The predicted molar refractivity (Wildman–Crippen MR) is 115 cm³/mol. The first-order valence-electron chi connectivity index (χ1n) is 10.8. The summed E-state index contributed by atoms with van der Waals surface area (Å²) in [6.45, 7) is 3.03. The van der Waals surface area contributed by atoms with Crippen molar-refractivity contribution in [2.45, 2.75) is 37.2 Å². The van der Waals surface area contributed by atoms with E-state index in [1.807, 2.05) is 23.0 Å². The van der Waals surface area contributed by atoms with Gasteiger partial charge in [-0.1, -0.05) is 24.3 Å². The number of nitrogens with one attached hydrogen (secondary N) is 1. The fourth-order valence-electron chi connectivity index (χ4n) is 6.07. The van der Waals surface area contributed by atoms with E-state index in [2.05, 4.69) is 34.7 Å². The van der Waals surface area contributed by atoms with Crippen LogP contribution in [0.4, 0.5) is 0 Å². The number of carbonyl (C=O) groups excluding carboxylic acids is 1. The number of carbonyl (C=O) groups is 1. The van der Waals surface area contributed by atoms with Crippen LogP contribution >= 0.6 is 0 Å². The van der Waals surface area contributed by atoms with Crippen LogP contribution in [0.25, 0.3) is 16.6 Å². The van der Waals surface area contributed by atoms with Crippen molar-refractivity contribution in [2.24, 2.45) is 11.1 Å². The maximum atomic E-state index is 11.7. The summed E-state index contributed by atoms with van der Waals surface area (Å²) in [5.74, 6) is -0.453. The maximum Gasteiger partial charge on any atom is 0.250 e. The average Bonchev–Trinajstić information content (AvgIpc) is 3.10. The molecule has 3 N–H and O–H groups in total. The van der Waals surface area contributed by atoms with E-state index in [1.54, 1.807) is 6.07 Å². The number of benzene rings is 2. The molecule has 2 aromatic carbocycles. The van der Waals surface area contributed by atoms with Crippen LogP contribution in [-0.4, -0.2) is 41.5 Å². The predicted octanol–water partition coefficient (Wildman–Crippen LogP) is 2.92. The van der Waals surface area contributed by atoms with Gasteiger partial charge in [0.25, 0.3) is 5.91 Å². The first kappa shape index (κ1) is 18.1. The fraction of sp³-hybridized carbons (Fsp3) is 0.417. The molecule has 3 fully saturated rings. The molecule has 6 rings (SSSR count). The molecule has 0 radical (unpaired) electrons. The Morgan fingerprint density at radius 3 is 2.87 bits per heavy atom. The first-order chi connectivity index (χ1) is 14.6. The van der Waals surface area contributed by atoms with E-state index >= 15 is 0 Å². The van der Waals surface area contributed by atoms with Gasteiger partial charge in [0.1, 0.15) is 5.52 Å². The number of ether oxygens (including phenoxy) is 1. The normalized spacial score (nSPS) is 30.3. The molecule has 1 amide bonds. The number of aromatic nitrogens is 2. The van der Waals surface area contributed by atoms with E-state index < -0.39 is 5.91 Å². The van der Waals surface area contributed by atoms with Crippen LogP contribution < -0.4 is 11.1 Å². The second kappa shape index (κ2) is 6.40. The number of nitrogens with zero attached hydrogens (tertiary/aromatic N) is 2. The molecule has 154 valence electrons. The van der Waals surface area contributed by atoms with Crippen molar-refractivity contribution in [3.63, 3.8) is 0 Å². The molecule has 6 nitrogen and oxygen atoms in total. The summed E-state index contributed by atoms with van der Waals surface area (Å²) in [6.07, 6.45) is 7.08. The number of piperidine rings is 1. The number of rotatable bonds is 4. The third kappa shape index (κ3) is 2.44. The van der Waals surface area contributed by atoms with Crippen molar-refractivity contribution in [3.05, 3.63) is 59.8 Å². The van der Waals surface area contributed by atoms with E-state index in [0.29, 0.717) is 17.2 Å². The van der Waals surface area contributed by atoms with Gasteiger partial charge >= 0.3 is 0 Å². The molecular formula is C24H26N4O2. The lowest BCUT2D eigenvalue weighted by Crippen LogP contribution is -2.44. The topological polar surface area (TPSA) is 82.2 Å². The molecule has 1 saturated carbocycles. The van der Waals surface area contributed by atoms with Gasteiger partial charge in [0.15, 0.2) is 0 Å². The summed E-state index contributed by atoms with van der Waals surface area (Å²) in [7, 11) is 0. The van der Waals surface area contributed by atoms with Gasteiger partial charge < -0.3 is 15.8 Å². The van der Waals surface area contributed by atoms with E-state index in [1.165, 1.54) is 31.2 Å². The number of primary amides is 1. The lowest BCUT2D eigenvalue weighted by Gasteiger charge is -2.35. The molecule has 6 heteroatoms. The smallest absolute Gasteiger partial charge is 0.250 e. The van der Waals surface area contributed by atoms with Crippen molar-refractivity contribution < 1.29 is 9.53 Å². The van der Waals surface area contributed by atoms with Crippen molar-refractivity contribution in [3.8, 4) is 5.69 Å². The Morgan fingerprint density at radius 2 is 2.10 bits per heavy atom. The zero-order chi connectivity index (χ0) is 20.3. The minimum Gasteiger partial charge on any atom is -0.378 e. The van der Waals surface area contributed by atoms with Gasteiger partial charge in [0, 0.05) is 35.6 Å². The number of nitrogens with two attached hydrogens (primary N) is 1. The monoisotopic (exact) mass is 402 g/mol. The zero-order valence-electron chi connectivity index (χ0n) is 16.9. The van der Waals surface area contributed by atoms with Crippen LogP contribution in [0.15, 0.2) is 48.7 Å². The molecule has 3 aliphatic rings. The average molecular weight is 402 g/mol. The van der Waals surface area contributed by atoms with E-state index in [9.17, 15) is 4.79 Å². The van der Waals surface area contributed by atoms with Crippen LogP contribution in [0.5, 0.6) is 0 Å². The Morgan fingerprint density at radius 1 is 1.23 bits per heavy atom. The van der Waals surface area contributed by atoms with Gasteiger partial charge in [-0.2, -0.15) is 5.10 Å². The second-order valence-corrected chi connectivity index (χ2v) is 9.07. The van der Waals surface area contributed by atoms with Crippen molar-refractivity contribution in [1.29, 1.82) is 0 Å². The quantitative estimate of drug-likeness (QED) is 0.703. The van der Waals surface area contributed by atoms with Crippen LogP contribution in [0.1, 0.15) is 41.6 Å². The summed E-state index contributed by atoms with van der Waals surface area (Å²) >= 11 is 0. The Balaban J connectivity index is 1.34. The lowest BCUT2D eigenvalue weighted by molar-refractivity contribution is 0.0329. The number of hydrogen-bond donors (Lipinski definition) is 2. The van der Waals surface area contributed by atoms with Gasteiger partial charge in [-0.15, -0.1) is 0 Å². The van der Waals surface area contributed by atoms with E-state index in [0.717, 1.165) is 30.8 Å². The molecule has 30 heavy (non-hydrogen) atoms. The summed E-state index contributed by atoms with van der Waals surface area (Å²) in [6, 6.07) is 14.3. The summed E-state index contributed by atoms with van der Waals surface area (Å²) in [5, 5.41) is 9.17. The highest BCUT2D eigenvalue weighted by Gasteiger charge is 2.72. The lowest BCUT2D eigenvalue weighted by atomic mass is 9.77. The third-order valence-electron chi connectivity index (χ3n) is 7.65. The van der Waals surface area contributed by atoms with Crippen molar-refractivity contribution in [1.82, 2.24) is 15.1 Å². The van der Waals surface area contributed by atoms with Crippen LogP contribution in [0, 0.1) is 5.41 Å². The Hall–Kier alpha value is -2.70. The van der Waals surface area contributed by atoms with Gasteiger partial charge in [-0.05, 0) is 56.0 Å². The van der Waals surface area contributed by atoms with Crippen LogP contribution in [0.2, 0.25) is 0 Å². The van der Waals surface area contributed by atoms with Crippen molar-refractivity contribution >= 4 is 16.8 Å². The molecule has 0 spiro atoms. The van der Waals surface area contributed by atoms with Gasteiger partial charge in [0.2, 0.25) is 0 Å². The SMILES string of the molecule is NC(=O)c1cccc2cn(-c3ccc(C45CCNCC4(C4CCCO4)C5)cc3)nc12. The molecular weight excluding hydrogens is 376 g/mol. The Bertz CT molecular complexity index is 1130. The third-order valence-corrected chi connectivity index (χ3v) is 7.65. The molecule has 1 aliphatic carbocycles. The Kier molecular flexibility index (Phi) is 3.86. The fourth-order valence-corrected chi connectivity index (χ4v) is 6.07. The summed E-state index contributed by atoms with van der Waals surface area (Å²) in [4.78, 5) is 11.7. The minimum atomic E-state index is -0.453. The highest BCUT2D eigenvalue weighted by molar-refractivity contribution is 6.04. The number of fused-ring (bicyclic) bond motifs is 2. The van der Waals surface area contributed by atoms with Gasteiger partial charge in [0.05, 0.1) is 17.4 Å². The van der Waals surface area contributed by atoms with Gasteiger partial charge in [-0.25, -0.2) is 4.68 Å². The molecule has 0 bridgehead atoms. The molecule has 3 heterocycles. The van der Waals surface area contributed by atoms with Gasteiger partial charge in [-0.3, -0.25) is 4.79 Å². The summed E-state index contributed by atoms with van der Waals surface area (Å²) < 4.78 is 7.98. The summed E-state index contributed by atoms with van der Waals surface area (Å²) in [5.41, 5.74) is 9.49. The van der Waals surface area contributed by atoms with Crippen LogP contribution in [0.3, 0.4) is 0 Å². The highest BCUT2D eigenvalue weighted by atomic mass is 16.5. The Labute approximate surface area is 175 Å². The zero-order valence-corrected chi connectivity index (χ0v) is 16.9. The molecule has 3 atom stereocenters.